The van der Waals surface area contributed by atoms with E-state index in [1.807, 2.05) is 5.38 Å². The monoisotopic (exact) mass is 430 g/mol. The van der Waals surface area contributed by atoms with Crippen LogP contribution < -0.4 is 14.2 Å². The number of thiophene rings is 1. The number of benzene rings is 1. The van der Waals surface area contributed by atoms with Crippen LogP contribution in [0.5, 0.6) is 17.2 Å². The van der Waals surface area contributed by atoms with E-state index < -0.39 is 0 Å². The van der Waals surface area contributed by atoms with Crippen LogP contribution >= 0.6 is 11.3 Å². The molecule has 0 saturated heterocycles. The molecule has 4 rings (SSSR count). The first-order valence-corrected chi connectivity index (χ1v) is 10.4. The number of ether oxygens (including phenoxy) is 4. The van der Waals surface area contributed by atoms with Crippen LogP contribution in [0.2, 0.25) is 0 Å². The summed E-state index contributed by atoms with van der Waals surface area (Å²) >= 11 is 1.63. The summed E-state index contributed by atoms with van der Waals surface area (Å²) in [4.78, 5) is 13.8. The number of rotatable bonds is 7. The number of aromatic nitrogens is 2. The second-order valence-electron chi connectivity index (χ2n) is 6.75. The fourth-order valence-corrected chi connectivity index (χ4v) is 4.62. The molecule has 158 valence electrons. The molecule has 0 radical (unpaired) electrons. The summed E-state index contributed by atoms with van der Waals surface area (Å²) in [5.74, 6) is 1.52. The van der Waals surface area contributed by atoms with E-state index in [1.54, 1.807) is 23.5 Å². The Labute approximate surface area is 177 Å². The van der Waals surface area contributed by atoms with Gasteiger partial charge in [-0.15, -0.1) is 21.5 Å². The highest BCUT2D eigenvalue weighted by molar-refractivity contribution is 7.10. The van der Waals surface area contributed by atoms with E-state index in [2.05, 4.69) is 10.2 Å². The van der Waals surface area contributed by atoms with Gasteiger partial charge in [0.25, 0.3) is 5.89 Å². The van der Waals surface area contributed by atoms with E-state index in [-0.39, 0.29) is 24.4 Å². The molecule has 0 N–H and O–H groups in total. The van der Waals surface area contributed by atoms with E-state index in [0.29, 0.717) is 28.4 Å². The smallest absolute Gasteiger partial charge is 0.339 e. The number of aryl methyl sites for hydroxylation is 1. The number of hydrogen-bond acceptors (Lipinski definition) is 9. The van der Waals surface area contributed by atoms with Crippen LogP contribution in [0.3, 0.4) is 0 Å². The molecule has 2 aromatic heterocycles. The predicted molar refractivity (Wildman–Crippen MR) is 109 cm³/mol. The Balaban J connectivity index is 1.48. The Morgan fingerprint density at radius 2 is 1.80 bits per heavy atom. The molecule has 1 aliphatic carbocycles. The predicted octanol–water partition coefficient (Wildman–Crippen LogP) is 4.06. The zero-order chi connectivity index (χ0) is 21.1. The normalized spacial score (nSPS) is 12.9. The van der Waals surface area contributed by atoms with E-state index in [0.717, 1.165) is 24.8 Å². The first-order chi connectivity index (χ1) is 14.6. The molecule has 9 heteroatoms. The van der Waals surface area contributed by atoms with Gasteiger partial charge in [0.05, 0.1) is 26.9 Å². The summed E-state index contributed by atoms with van der Waals surface area (Å²) in [6.45, 7) is -0.0964. The van der Waals surface area contributed by atoms with Crippen molar-refractivity contribution in [1.82, 2.24) is 10.2 Å². The number of hydrogen-bond donors (Lipinski definition) is 0. The van der Waals surface area contributed by atoms with E-state index in [1.165, 1.54) is 32.6 Å². The molecule has 0 unspecified atom stereocenters. The Hall–Kier alpha value is -3.07. The van der Waals surface area contributed by atoms with Gasteiger partial charge in [-0.3, -0.25) is 0 Å². The summed E-state index contributed by atoms with van der Waals surface area (Å²) in [5, 5.41) is 9.91. The highest BCUT2D eigenvalue weighted by Gasteiger charge is 2.22. The molecule has 0 amide bonds. The van der Waals surface area contributed by atoms with Gasteiger partial charge in [0.15, 0.2) is 18.1 Å². The highest BCUT2D eigenvalue weighted by Crippen LogP contribution is 2.41. The molecule has 1 aliphatic rings. The Morgan fingerprint density at radius 3 is 2.50 bits per heavy atom. The molecule has 0 fully saturated rings. The molecule has 8 nitrogen and oxygen atoms in total. The van der Waals surface area contributed by atoms with Crippen LogP contribution in [-0.4, -0.2) is 37.5 Å². The molecule has 0 bridgehead atoms. The van der Waals surface area contributed by atoms with Gasteiger partial charge in [-0.1, -0.05) is 0 Å². The minimum atomic E-state index is -0.359. The van der Waals surface area contributed by atoms with Crippen molar-refractivity contribution in [3.05, 3.63) is 39.4 Å². The first kappa shape index (κ1) is 20.2. The van der Waals surface area contributed by atoms with Crippen LogP contribution in [0.25, 0.3) is 11.5 Å². The molecule has 0 atom stereocenters. The number of nitrogens with zero attached hydrogens (tertiary/aromatic N) is 2. The van der Waals surface area contributed by atoms with Crippen molar-refractivity contribution in [2.45, 2.75) is 32.3 Å². The maximum Gasteiger partial charge on any atom is 0.339 e. The average molecular weight is 430 g/mol. The lowest BCUT2D eigenvalue weighted by molar-refractivity contribution is 0.0438. The van der Waals surface area contributed by atoms with Gasteiger partial charge in [-0.05, 0) is 43.4 Å². The van der Waals surface area contributed by atoms with Gasteiger partial charge >= 0.3 is 5.97 Å². The van der Waals surface area contributed by atoms with Gasteiger partial charge in [0, 0.05) is 15.8 Å². The van der Waals surface area contributed by atoms with Crippen LogP contribution in [0.15, 0.2) is 21.9 Å². The summed E-state index contributed by atoms with van der Waals surface area (Å²) < 4.78 is 27.1. The number of methoxy groups -OCH3 is 3. The number of esters is 1. The summed E-state index contributed by atoms with van der Waals surface area (Å²) in [6.07, 6.45) is 4.24. The molecule has 0 saturated carbocycles. The van der Waals surface area contributed by atoms with Crippen molar-refractivity contribution in [1.29, 1.82) is 0 Å². The zero-order valence-corrected chi connectivity index (χ0v) is 17.8. The third kappa shape index (κ3) is 3.85. The third-order valence-electron chi connectivity index (χ3n) is 4.99. The molecule has 3 aromatic rings. The molecule has 0 spiro atoms. The van der Waals surface area contributed by atoms with Gasteiger partial charge in [0.1, 0.15) is 0 Å². The minimum Gasteiger partial charge on any atom is -0.493 e. The largest absolute Gasteiger partial charge is 0.493 e. The molecule has 30 heavy (non-hydrogen) atoms. The maximum absolute atomic E-state index is 12.5. The molecular formula is C21H22N2O6S. The van der Waals surface area contributed by atoms with Crippen molar-refractivity contribution >= 4 is 17.3 Å². The lowest BCUT2D eigenvalue weighted by atomic mass is 9.96. The maximum atomic E-state index is 12.5. The lowest BCUT2D eigenvalue weighted by Gasteiger charge is -2.12. The third-order valence-corrected chi connectivity index (χ3v) is 6.08. The topological polar surface area (TPSA) is 92.9 Å². The second kappa shape index (κ2) is 8.74. The molecular weight excluding hydrogens is 408 g/mol. The highest BCUT2D eigenvalue weighted by atomic mass is 32.1. The second-order valence-corrected chi connectivity index (χ2v) is 7.71. The number of carbonyl (C=O) groups excluding carboxylic acids is 1. The van der Waals surface area contributed by atoms with Crippen LogP contribution in [0.4, 0.5) is 0 Å². The van der Waals surface area contributed by atoms with Gasteiger partial charge in [0.2, 0.25) is 11.6 Å². The quantitative estimate of drug-likeness (QED) is 0.518. The number of carbonyl (C=O) groups is 1. The van der Waals surface area contributed by atoms with Crippen LogP contribution in [0, 0.1) is 0 Å². The standard InChI is InChI=1S/C21H22N2O6S/c1-25-15-8-12(9-16(26-2)19(15)27-3)20-23-22-18(29-20)10-28-21(24)14-11-30-17-7-5-4-6-13(14)17/h8-9,11H,4-7,10H2,1-3H3. The fourth-order valence-electron chi connectivity index (χ4n) is 3.50. The van der Waals surface area contributed by atoms with Crippen molar-refractivity contribution in [3.63, 3.8) is 0 Å². The Kier molecular flexibility index (Phi) is 5.89. The fraction of sp³-hybridized carbons (Fsp3) is 0.381. The average Bonchev–Trinajstić information content (AvgIpc) is 3.43. The first-order valence-electron chi connectivity index (χ1n) is 9.53. The van der Waals surface area contributed by atoms with Gasteiger partial charge in [-0.25, -0.2) is 4.79 Å². The van der Waals surface area contributed by atoms with Crippen LogP contribution in [0.1, 0.15) is 39.5 Å². The molecule has 0 aliphatic heterocycles. The molecule has 2 heterocycles. The van der Waals surface area contributed by atoms with Gasteiger partial charge < -0.3 is 23.4 Å². The van der Waals surface area contributed by atoms with E-state index in [4.69, 9.17) is 23.4 Å². The number of fused-ring (bicyclic) bond motifs is 1. The Morgan fingerprint density at radius 1 is 1.07 bits per heavy atom. The molecule has 1 aromatic carbocycles. The van der Waals surface area contributed by atoms with Crippen LogP contribution in [-0.2, 0) is 24.2 Å². The summed E-state index contributed by atoms with van der Waals surface area (Å²) in [5.41, 5.74) is 2.38. The van der Waals surface area contributed by atoms with E-state index in [9.17, 15) is 4.79 Å². The lowest BCUT2D eigenvalue weighted by Crippen LogP contribution is -2.09. The van der Waals surface area contributed by atoms with Crippen molar-refractivity contribution in [2.24, 2.45) is 0 Å². The minimum absolute atomic E-state index is 0.0964. The van der Waals surface area contributed by atoms with Crippen molar-refractivity contribution < 1.29 is 28.2 Å². The van der Waals surface area contributed by atoms with Crippen molar-refractivity contribution in [2.75, 3.05) is 21.3 Å². The van der Waals surface area contributed by atoms with Crippen molar-refractivity contribution in [3.8, 4) is 28.7 Å². The summed E-state index contributed by atoms with van der Waals surface area (Å²) in [7, 11) is 4.59. The SMILES string of the molecule is COc1cc(-c2nnc(COC(=O)c3csc4c3CCCC4)o2)cc(OC)c1OC. The Bertz CT molecular complexity index is 1030. The zero-order valence-electron chi connectivity index (χ0n) is 17.0. The van der Waals surface area contributed by atoms with E-state index >= 15 is 0 Å². The van der Waals surface area contributed by atoms with Gasteiger partial charge in [-0.2, -0.15) is 0 Å². The summed E-state index contributed by atoms with van der Waals surface area (Å²) in [6, 6.07) is 3.42.